The van der Waals surface area contributed by atoms with Crippen molar-refractivity contribution in [1.29, 1.82) is 0 Å². The van der Waals surface area contributed by atoms with E-state index in [9.17, 15) is 4.79 Å². The van der Waals surface area contributed by atoms with E-state index >= 15 is 0 Å². The van der Waals surface area contributed by atoms with Crippen molar-refractivity contribution in [2.75, 3.05) is 19.6 Å². The molecule has 0 aliphatic rings. The van der Waals surface area contributed by atoms with Gasteiger partial charge in [-0.1, -0.05) is 61.9 Å². The van der Waals surface area contributed by atoms with Gasteiger partial charge in [0.15, 0.2) is 0 Å². The SMILES string of the molecule is CCN(CC)CCn1c(C(=O)c2ccc(C)cc2)c(C)c2ccccc21.Cl. The molecule has 0 unspecified atom stereocenters. The Morgan fingerprint density at radius 1 is 0.963 bits per heavy atom. The molecule has 0 saturated heterocycles. The summed E-state index contributed by atoms with van der Waals surface area (Å²) in [4.78, 5) is 15.7. The normalized spacial score (nSPS) is 11.0. The third-order valence-corrected chi connectivity index (χ3v) is 5.29. The number of carbonyl (C=O) groups excluding carboxylic acids is 1. The van der Waals surface area contributed by atoms with Crippen molar-refractivity contribution < 1.29 is 4.79 Å². The fraction of sp³-hybridized carbons (Fsp3) is 0.348. The van der Waals surface area contributed by atoms with Gasteiger partial charge in [-0.05, 0) is 38.6 Å². The molecule has 3 aromatic rings. The predicted octanol–water partition coefficient (Wildman–Crippen LogP) is 5.25. The zero-order chi connectivity index (χ0) is 18.7. The molecular weight excluding hydrogens is 356 g/mol. The van der Waals surface area contributed by atoms with Crippen LogP contribution in [-0.2, 0) is 6.54 Å². The van der Waals surface area contributed by atoms with E-state index in [1.165, 1.54) is 10.9 Å². The molecule has 144 valence electrons. The molecule has 0 spiro atoms. The molecule has 0 amide bonds. The Kier molecular flexibility index (Phi) is 7.23. The Labute approximate surface area is 168 Å². The minimum atomic E-state index is 0. The minimum Gasteiger partial charge on any atom is -0.336 e. The van der Waals surface area contributed by atoms with Gasteiger partial charge < -0.3 is 9.47 Å². The highest BCUT2D eigenvalue weighted by Crippen LogP contribution is 2.27. The Morgan fingerprint density at radius 3 is 2.22 bits per heavy atom. The molecule has 3 rings (SSSR count). The summed E-state index contributed by atoms with van der Waals surface area (Å²) >= 11 is 0. The molecule has 0 atom stereocenters. The molecule has 4 heteroatoms. The first-order chi connectivity index (χ1) is 12.6. The van der Waals surface area contributed by atoms with E-state index in [1.54, 1.807) is 0 Å². The van der Waals surface area contributed by atoms with Gasteiger partial charge in [-0.3, -0.25) is 4.79 Å². The van der Waals surface area contributed by atoms with E-state index in [-0.39, 0.29) is 18.2 Å². The molecule has 1 aromatic heterocycles. The highest BCUT2D eigenvalue weighted by atomic mass is 35.5. The summed E-state index contributed by atoms with van der Waals surface area (Å²) in [6, 6.07) is 16.2. The monoisotopic (exact) mass is 384 g/mol. The van der Waals surface area contributed by atoms with Gasteiger partial charge in [-0.15, -0.1) is 12.4 Å². The van der Waals surface area contributed by atoms with E-state index < -0.39 is 0 Å². The zero-order valence-electron chi connectivity index (χ0n) is 16.7. The molecule has 2 aromatic carbocycles. The fourth-order valence-corrected chi connectivity index (χ4v) is 3.62. The molecule has 0 fully saturated rings. The predicted molar refractivity (Wildman–Crippen MR) is 116 cm³/mol. The van der Waals surface area contributed by atoms with Gasteiger partial charge in [-0.2, -0.15) is 0 Å². The van der Waals surface area contributed by atoms with Crippen LogP contribution in [0.3, 0.4) is 0 Å². The summed E-state index contributed by atoms with van der Waals surface area (Å²) in [5.41, 5.74) is 4.96. The number of carbonyl (C=O) groups is 1. The highest BCUT2D eigenvalue weighted by Gasteiger charge is 2.21. The number of ketones is 1. The van der Waals surface area contributed by atoms with Gasteiger partial charge in [0.2, 0.25) is 5.78 Å². The number of likely N-dealkylation sites (N-methyl/N-ethyl adjacent to an activating group) is 1. The molecule has 0 bridgehead atoms. The molecule has 27 heavy (non-hydrogen) atoms. The zero-order valence-corrected chi connectivity index (χ0v) is 17.5. The number of benzene rings is 2. The fourth-order valence-electron chi connectivity index (χ4n) is 3.62. The quantitative estimate of drug-likeness (QED) is 0.519. The average Bonchev–Trinajstić information content (AvgIpc) is 2.95. The van der Waals surface area contributed by atoms with Crippen molar-refractivity contribution in [3.05, 3.63) is 70.9 Å². The number of fused-ring (bicyclic) bond motifs is 1. The largest absolute Gasteiger partial charge is 0.336 e. The first-order valence-electron chi connectivity index (χ1n) is 9.48. The summed E-state index contributed by atoms with van der Waals surface area (Å²) in [6.07, 6.45) is 0. The van der Waals surface area contributed by atoms with Gasteiger partial charge in [0.05, 0.1) is 5.69 Å². The average molecular weight is 385 g/mol. The molecule has 1 heterocycles. The molecular formula is C23H29ClN2O. The third kappa shape index (κ3) is 4.26. The molecule has 3 nitrogen and oxygen atoms in total. The molecule has 0 radical (unpaired) electrons. The van der Waals surface area contributed by atoms with Crippen LogP contribution in [0.5, 0.6) is 0 Å². The molecule has 0 aliphatic carbocycles. The standard InChI is InChI=1S/C23H28N2O.ClH/c1-5-24(6-2)15-16-25-21-10-8-7-9-20(21)18(4)22(25)23(26)19-13-11-17(3)12-14-19;/h7-14H,5-6,15-16H2,1-4H3;1H. The van der Waals surface area contributed by atoms with Crippen LogP contribution in [-0.4, -0.2) is 34.9 Å². The van der Waals surface area contributed by atoms with Crippen molar-refractivity contribution in [2.45, 2.75) is 34.2 Å². The van der Waals surface area contributed by atoms with Crippen LogP contribution in [0.1, 0.15) is 41.0 Å². The second-order valence-electron chi connectivity index (χ2n) is 6.86. The van der Waals surface area contributed by atoms with Crippen molar-refractivity contribution in [3.8, 4) is 0 Å². The Bertz CT molecular complexity index is 908. The number of hydrogen-bond donors (Lipinski definition) is 0. The number of aryl methyl sites for hydroxylation is 2. The first kappa shape index (κ1) is 21.2. The van der Waals surface area contributed by atoms with Gasteiger partial charge in [0.25, 0.3) is 0 Å². The third-order valence-electron chi connectivity index (χ3n) is 5.29. The van der Waals surface area contributed by atoms with Gasteiger partial charge in [0.1, 0.15) is 0 Å². The van der Waals surface area contributed by atoms with Crippen molar-refractivity contribution in [3.63, 3.8) is 0 Å². The van der Waals surface area contributed by atoms with Crippen molar-refractivity contribution >= 4 is 29.1 Å². The number of nitrogens with zero attached hydrogens (tertiary/aromatic N) is 2. The molecule has 0 N–H and O–H groups in total. The lowest BCUT2D eigenvalue weighted by Gasteiger charge is -2.20. The van der Waals surface area contributed by atoms with Crippen molar-refractivity contribution in [2.24, 2.45) is 0 Å². The highest BCUT2D eigenvalue weighted by molar-refractivity contribution is 6.12. The van der Waals surface area contributed by atoms with Crippen LogP contribution in [0, 0.1) is 13.8 Å². The first-order valence-corrected chi connectivity index (χ1v) is 9.48. The Balaban J connectivity index is 0.00000261. The number of hydrogen-bond acceptors (Lipinski definition) is 2. The minimum absolute atomic E-state index is 0. The lowest BCUT2D eigenvalue weighted by molar-refractivity contribution is 0.102. The maximum atomic E-state index is 13.3. The summed E-state index contributed by atoms with van der Waals surface area (Å²) in [6.45, 7) is 12.3. The molecule has 0 aliphatic heterocycles. The van der Waals surface area contributed by atoms with E-state index in [2.05, 4.69) is 48.4 Å². The topological polar surface area (TPSA) is 25.2 Å². The van der Waals surface area contributed by atoms with Crippen LogP contribution >= 0.6 is 12.4 Å². The summed E-state index contributed by atoms with van der Waals surface area (Å²) in [5.74, 6) is 0.109. The number of para-hydroxylation sites is 1. The van der Waals surface area contributed by atoms with Crippen molar-refractivity contribution in [1.82, 2.24) is 9.47 Å². The van der Waals surface area contributed by atoms with Crippen LogP contribution in [0.15, 0.2) is 48.5 Å². The maximum absolute atomic E-state index is 13.3. The van der Waals surface area contributed by atoms with E-state index in [4.69, 9.17) is 0 Å². The van der Waals surface area contributed by atoms with Crippen LogP contribution in [0.2, 0.25) is 0 Å². The summed E-state index contributed by atoms with van der Waals surface area (Å²) in [5, 5.41) is 1.17. The van der Waals surface area contributed by atoms with E-state index in [0.717, 1.165) is 48.5 Å². The number of rotatable bonds is 7. The van der Waals surface area contributed by atoms with Gasteiger partial charge in [-0.25, -0.2) is 0 Å². The van der Waals surface area contributed by atoms with Gasteiger partial charge >= 0.3 is 0 Å². The van der Waals surface area contributed by atoms with Gasteiger partial charge in [0, 0.05) is 29.6 Å². The summed E-state index contributed by atoms with van der Waals surface area (Å²) < 4.78 is 2.21. The smallest absolute Gasteiger partial charge is 0.209 e. The van der Waals surface area contributed by atoms with E-state index in [0.29, 0.717) is 0 Å². The lowest BCUT2D eigenvalue weighted by Crippen LogP contribution is -2.28. The Morgan fingerprint density at radius 2 is 1.59 bits per heavy atom. The van der Waals surface area contributed by atoms with Crippen LogP contribution in [0.25, 0.3) is 10.9 Å². The Hall–Kier alpha value is -2.10. The lowest BCUT2D eigenvalue weighted by atomic mass is 10.0. The van der Waals surface area contributed by atoms with Crippen LogP contribution < -0.4 is 0 Å². The second-order valence-corrected chi connectivity index (χ2v) is 6.86. The number of halogens is 1. The summed E-state index contributed by atoms with van der Waals surface area (Å²) in [7, 11) is 0. The molecule has 0 saturated carbocycles. The van der Waals surface area contributed by atoms with Crippen LogP contribution in [0.4, 0.5) is 0 Å². The van der Waals surface area contributed by atoms with E-state index in [1.807, 2.05) is 37.3 Å². The second kappa shape index (κ2) is 9.20. The maximum Gasteiger partial charge on any atom is 0.209 e. The number of aromatic nitrogens is 1.